The van der Waals surface area contributed by atoms with E-state index in [1.54, 1.807) is 15.3 Å². The fourth-order valence-electron chi connectivity index (χ4n) is 2.09. The number of rotatable bonds is 2. The Kier molecular flexibility index (Phi) is 3.17. The van der Waals surface area contributed by atoms with Crippen LogP contribution < -0.4 is 0 Å². The average Bonchev–Trinajstić information content (AvgIpc) is 2.59. The zero-order valence-corrected chi connectivity index (χ0v) is 11.0. The van der Waals surface area contributed by atoms with Crippen LogP contribution in [0.3, 0.4) is 0 Å². The van der Waals surface area contributed by atoms with Crippen molar-refractivity contribution in [1.82, 2.24) is 4.90 Å². The van der Waals surface area contributed by atoms with Gasteiger partial charge in [-0.2, -0.15) is 0 Å². The van der Waals surface area contributed by atoms with E-state index in [0.29, 0.717) is 12.0 Å². The lowest BCUT2D eigenvalue weighted by atomic mass is 10.1. The Balaban J connectivity index is 2.19. The molecule has 0 atom stereocenters. The summed E-state index contributed by atoms with van der Waals surface area (Å²) in [6.07, 6.45) is 1.25. The molecule has 1 nitrogen and oxygen atoms in total. The first-order valence-corrected chi connectivity index (χ1v) is 6.75. The molecule has 0 aromatic carbocycles. The lowest BCUT2D eigenvalue weighted by Gasteiger charge is -2.30. The van der Waals surface area contributed by atoms with Crippen molar-refractivity contribution in [1.29, 1.82) is 0 Å². The van der Waals surface area contributed by atoms with Crippen LogP contribution in [0.4, 0.5) is 0 Å². The van der Waals surface area contributed by atoms with Crippen LogP contribution >= 0.6 is 11.3 Å². The van der Waals surface area contributed by atoms with Crippen molar-refractivity contribution in [2.45, 2.75) is 52.6 Å². The minimum Gasteiger partial charge on any atom is -0.296 e. The molecule has 0 saturated heterocycles. The summed E-state index contributed by atoms with van der Waals surface area (Å²) in [7, 11) is 0. The van der Waals surface area contributed by atoms with Gasteiger partial charge in [-0.3, -0.25) is 4.90 Å². The van der Waals surface area contributed by atoms with Crippen molar-refractivity contribution >= 4 is 11.3 Å². The summed E-state index contributed by atoms with van der Waals surface area (Å²) in [5.41, 5.74) is 1.61. The predicted molar refractivity (Wildman–Crippen MR) is 67.7 cm³/mol. The highest BCUT2D eigenvalue weighted by Gasteiger charge is 2.21. The molecule has 0 aliphatic carbocycles. The molecule has 1 aromatic rings. The molecule has 0 radical (unpaired) electrons. The zero-order chi connectivity index (χ0) is 11.0. The van der Waals surface area contributed by atoms with Gasteiger partial charge in [-0.1, -0.05) is 13.8 Å². The van der Waals surface area contributed by atoms with Gasteiger partial charge in [0.2, 0.25) is 0 Å². The molecule has 0 spiro atoms. The van der Waals surface area contributed by atoms with Crippen LogP contribution in [0.25, 0.3) is 0 Å². The van der Waals surface area contributed by atoms with Gasteiger partial charge in [0.25, 0.3) is 0 Å². The lowest BCUT2D eigenvalue weighted by Crippen LogP contribution is -2.35. The van der Waals surface area contributed by atoms with E-state index in [-0.39, 0.29) is 0 Å². The van der Waals surface area contributed by atoms with Crippen molar-refractivity contribution in [3.63, 3.8) is 0 Å². The molecule has 0 amide bonds. The van der Waals surface area contributed by atoms with Crippen molar-refractivity contribution < 1.29 is 0 Å². The normalized spacial score (nSPS) is 17.5. The summed E-state index contributed by atoms with van der Waals surface area (Å²) < 4.78 is 0. The minimum atomic E-state index is 0.683. The molecule has 0 bridgehead atoms. The number of thiophene rings is 1. The van der Waals surface area contributed by atoms with Crippen LogP contribution in [-0.2, 0) is 13.0 Å². The standard InChI is InChI=1S/C13H21NS/c1-9(2)12-7-11-5-6-14(10(3)4)8-13(11)15-12/h7,9-10H,5-6,8H2,1-4H3. The Morgan fingerprint density at radius 2 is 2.00 bits per heavy atom. The Morgan fingerprint density at radius 1 is 1.27 bits per heavy atom. The van der Waals surface area contributed by atoms with Crippen LogP contribution in [0, 0.1) is 0 Å². The largest absolute Gasteiger partial charge is 0.296 e. The molecule has 1 aromatic heterocycles. The Labute approximate surface area is 97.1 Å². The Morgan fingerprint density at radius 3 is 2.60 bits per heavy atom. The lowest BCUT2D eigenvalue weighted by molar-refractivity contribution is 0.206. The van der Waals surface area contributed by atoms with Crippen molar-refractivity contribution in [2.75, 3.05) is 6.54 Å². The molecule has 2 rings (SSSR count). The SMILES string of the molecule is CC(C)c1cc2c(s1)CN(C(C)C)CC2. The van der Waals surface area contributed by atoms with Gasteiger partial charge in [0.05, 0.1) is 0 Å². The van der Waals surface area contributed by atoms with Gasteiger partial charge in [-0.25, -0.2) is 0 Å². The third-order valence-corrected chi connectivity index (χ3v) is 4.69. The first-order chi connectivity index (χ1) is 7.08. The summed E-state index contributed by atoms with van der Waals surface area (Å²) in [6, 6.07) is 3.12. The first-order valence-electron chi connectivity index (χ1n) is 5.93. The third kappa shape index (κ3) is 2.26. The number of nitrogens with zero attached hydrogens (tertiary/aromatic N) is 1. The maximum atomic E-state index is 2.57. The molecule has 2 heteroatoms. The van der Waals surface area contributed by atoms with E-state index in [4.69, 9.17) is 0 Å². The molecule has 84 valence electrons. The number of fused-ring (bicyclic) bond motifs is 1. The van der Waals surface area contributed by atoms with Gasteiger partial charge in [0.1, 0.15) is 0 Å². The van der Waals surface area contributed by atoms with Gasteiger partial charge in [0, 0.05) is 28.9 Å². The maximum absolute atomic E-state index is 2.57. The van der Waals surface area contributed by atoms with E-state index in [1.165, 1.54) is 19.5 Å². The summed E-state index contributed by atoms with van der Waals surface area (Å²) in [5, 5.41) is 0. The van der Waals surface area contributed by atoms with Gasteiger partial charge < -0.3 is 0 Å². The summed E-state index contributed by atoms with van der Waals surface area (Å²) in [4.78, 5) is 5.74. The monoisotopic (exact) mass is 223 g/mol. The van der Waals surface area contributed by atoms with Gasteiger partial charge >= 0.3 is 0 Å². The van der Waals surface area contributed by atoms with Gasteiger partial charge in [-0.15, -0.1) is 11.3 Å². The molecule has 1 aliphatic heterocycles. The maximum Gasteiger partial charge on any atom is 0.0333 e. The van der Waals surface area contributed by atoms with Crippen LogP contribution in [0.15, 0.2) is 6.07 Å². The van der Waals surface area contributed by atoms with Crippen LogP contribution in [-0.4, -0.2) is 17.5 Å². The van der Waals surface area contributed by atoms with E-state index in [1.807, 2.05) is 11.3 Å². The molecule has 0 unspecified atom stereocenters. The highest BCUT2D eigenvalue weighted by atomic mass is 32.1. The van der Waals surface area contributed by atoms with Gasteiger partial charge in [-0.05, 0) is 37.8 Å². The van der Waals surface area contributed by atoms with E-state index in [0.717, 1.165) is 0 Å². The fourth-order valence-corrected chi connectivity index (χ4v) is 3.33. The number of hydrogen-bond donors (Lipinski definition) is 0. The highest BCUT2D eigenvalue weighted by molar-refractivity contribution is 7.12. The summed E-state index contributed by atoms with van der Waals surface area (Å²) in [6.45, 7) is 11.6. The van der Waals surface area contributed by atoms with E-state index < -0.39 is 0 Å². The molecule has 15 heavy (non-hydrogen) atoms. The number of hydrogen-bond acceptors (Lipinski definition) is 2. The molecule has 0 N–H and O–H groups in total. The van der Waals surface area contributed by atoms with Crippen LogP contribution in [0.1, 0.15) is 48.9 Å². The first kappa shape index (κ1) is 11.2. The Bertz CT molecular complexity index is 338. The summed E-state index contributed by atoms with van der Waals surface area (Å²) >= 11 is 2.02. The molecule has 0 fully saturated rings. The Hall–Kier alpha value is -0.340. The van der Waals surface area contributed by atoms with Gasteiger partial charge in [0.15, 0.2) is 0 Å². The van der Waals surface area contributed by atoms with Crippen molar-refractivity contribution in [3.8, 4) is 0 Å². The topological polar surface area (TPSA) is 3.24 Å². The van der Waals surface area contributed by atoms with E-state index in [9.17, 15) is 0 Å². The van der Waals surface area contributed by atoms with Crippen LogP contribution in [0.2, 0.25) is 0 Å². The average molecular weight is 223 g/mol. The minimum absolute atomic E-state index is 0.683. The smallest absolute Gasteiger partial charge is 0.0333 e. The van der Waals surface area contributed by atoms with Crippen LogP contribution in [0.5, 0.6) is 0 Å². The second kappa shape index (κ2) is 4.26. The predicted octanol–water partition coefficient (Wildman–Crippen LogP) is 3.64. The highest BCUT2D eigenvalue weighted by Crippen LogP contribution is 2.32. The van der Waals surface area contributed by atoms with E-state index >= 15 is 0 Å². The third-order valence-electron chi connectivity index (χ3n) is 3.23. The summed E-state index contributed by atoms with van der Waals surface area (Å²) in [5.74, 6) is 0.688. The molecular formula is C13H21NS. The van der Waals surface area contributed by atoms with Crippen molar-refractivity contribution in [2.24, 2.45) is 0 Å². The molecule has 1 aliphatic rings. The van der Waals surface area contributed by atoms with E-state index in [2.05, 4.69) is 38.7 Å². The second-order valence-corrected chi connectivity index (χ2v) is 6.23. The quantitative estimate of drug-likeness (QED) is 0.740. The fraction of sp³-hybridized carbons (Fsp3) is 0.692. The molecular weight excluding hydrogens is 202 g/mol. The zero-order valence-electron chi connectivity index (χ0n) is 10.2. The molecule has 0 saturated carbocycles. The molecule has 2 heterocycles. The van der Waals surface area contributed by atoms with Crippen molar-refractivity contribution in [3.05, 3.63) is 21.4 Å². The second-order valence-electron chi connectivity index (χ2n) is 5.07.